The lowest BCUT2D eigenvalue weighted by molar-refractivity contribution is 0.272. The smallest absolute Gasteiger partial charge is 0.396 e. The maximum Gasteiger partial charge on any atom is 0.466 e. The van der Waals surface area contributed by atoms with Crippen LogP contribution in [0, 0.1) is 0 Å². The average molecular weight is 370 g/mol. The average Bonchev–Trinajstić information content (AvgIpc) is 2.28. The Bertz CT molecular complexity index is 254. The van der Waals surface area contributed by atoms with E-state index in [1.54, 1.807) is 0 Å². The first-order valence-electron chi connectivity index (χ1n) is 6.70. The summed E-state index contributed by atoms with van der Waals surface area (Å²) in [5, 5.41) is 17.0. The van der Waals surface area contributed by atoms with Gasteiger partial charge in [0.1, 0.15) is 0 Å². The second-order valence-electron chi connectivity index (χ2n) is 4.30. The van der Waals surface area contributed by atoms with Gasteiger partial charge in [-0.05, 0) is 12.8 Å². The monoisotopic (exact) mass is 370 g/mol. The molecule has 0 aliphatic rings. The van der Waals surface area contributed by atoms with Gasteiger partial charge >= 0.3 is 15.6 Å². The number of hydrogen-bond donors (Lipinski definition) is 8. The van der Waals surface area contributed by atoms with Gasteiger partial charge in [0.2, 0.25) is 0 Å². The van der Waals surface area contributed by atoms with Crippen molar-refractivity contribution in [2.45, 2.75) is 51.4 Å². The van der Waals surface area contributed by atoms with Gasteiger partial charge in [0.25, 0.3) is 0 Å². The van der Waals surface area contributed by atoms with E-state index in [9.17, 15) is 0 Å². The maximum atomic E-state index is 8.88. The van der Waals surface area contributed by atoms with Crippen molar-refractivity contribution in [3.05, 3.63) is 0 Å². The molecule has 8 N–H and O–H groups in total. The molecule has 0 unspecified atom stereocenters. The fourth-order valence-corrected chi connectivity index (χ4v) is 1.28. The molecule has 0 aromatic heterocycles. The predicted molar refractivity (Wildman–Crippen MR) is 79.6 cm³/mol. The molecule has 0 saturated heterocycles. The highest BCUT2D eigenvalue weighted by Crippen LogP contribution is 2.26. The van der Waals surface area contributed by atoms with Gasteiger partial charge in [0, 0.05) is 13.2 Å². The van der Waals surface area contributed by atoms with Crippen molar-refractivity contribution in [1.82, 2.24) is 0 Å². The van der Waals surface area contributed by atoms with Gasteiger partial charge in [-0.1, -0.05) is 38.5 Å². The summed E-state index contributed by atoms with van der Waals surface area (Å²) in [6.07, 6.45) is 9.30. The third-order valence-electron chi connectivity index (χ3n) is 2.07. The summed E-state index contributed by atoms with van der Waals surface area (Å²) < 4.78 is 17.8. The van der Waals surface area contributed by atoms with Gasteiger partial charge in [-0.3, -0.25) is 0 Å². The Kier molecular flexibility index (Phi) is 21.5. The highest BCUT2D eigenvalue weighted by molar-refractivity contribution is 7.45. The molecule has 0 saturated carbocycles. The Hall–Kier alpha value is 0.140. The third-order valence-corrected chi connectivity index (χ3v) is 2.07. The largest absolute Gasteiger partial charge is 0.466 e. The molecular formula is C10H28O10P2. The first-order valence-corrected chi connectivity index (χ1v) is 9.83. The van der Waals surface area contributed by atoms with Crippen LogP contribution < -0.4 is 0 Å². The molecule has 0 heterocycles. The van der Waals surface area contributed by atoms with Crippen molar-refractivity contribution in [2.75, 3.05) is 13.2 Å². The van der Waals surface area contributed by atoms with E-state index >= 15 is 0 Å². The van der Waals surface area contributed by atoms with Crippen molar-refractivity contribution in [3.63, 3.8) is 0 Å². The predicted octanol–water partition coefficient (Wildman–Crippen LogP) is 0.235. The highest BCUT2D eigenvalue weighted by Gasteiger charge is 2.00. The van der Waals surface area contributed by atoms with Gasteiger partial charge in [-0.2, -0.15) is 0 Å². The molecule has 0 spiro atoms. The SMILES string of the molecule is O=P(O)(O)O.O=P(O)(O)O.OCCCCCCCCCCO. The third kappa shape index (κ3) is 88.3. The first kappa shape index (κ1) is 27.0. The van der Waals surface area contributed by atoms with Gasteiger partial charge in [-0.25, -0.2) is 9.13 Å². The molecule has 138 valence electrons. The Morgan fingerprint density at radius 3 is 0.727 bits per heavy atom. The van der Waals surface area contributed by atoms with Crippen LogP contribution in [-0.2, 0) is 9.13 Å². The zero-order valence-electron chi connectivity index (χ0n) is 12.4. The van der Waals surface area contributed by atoms with E-state index in [2.05, 4.69) is 0 Å². The second-order valence-corrected chi connectivity index (χ2v) is 6.36. The molecule has 0 atom stereocenters. The molecule has 0 aromatic rings. The van der Waals surface area contributed by atoms with E-state index in [-0.39, 0.29) is 0 Å². The molecular weight excluding hydrogens is 342 g/mol. The minimum absolute atomic E-state index is 0.338. The van der Waals surface area contributed by atoms with E-state index in [0.717, 1.165) is 25.7 Å². The first-order chi connectivity index (χ1) is 9.91. The molecule has 0 bridgehead atoms. The summed E-state index contributed by atoms with van der Waals surface area (Å²) in [7, 11) is -9.28. The number of rotatable bonds is 9. The Labute approximate surface area is 129 Å². The molecule has 22 heavy (non-hydrogen) atoms. The van der Waals surface area contributed by atoms with E-state index in [0.29, 0.717) is 13.2 Å². The fraction of sp³-hybridized carbons (Fsp3) is 1.00. The molecule has 0 rings (SSSR count). The standard InChI is InChI=1S/C10H22O2.2H3O4P/c11-9-7-5-3-1-2-4-6-8-10-12;2*1-5(2,3)4/h11-12H,1-10H2;2*(H3,1,2,3,4). The van der Waals surface area contributed by atoms with Crippen LogP contribution in [0.25, 0.3) is 0 Å². The molecule has 0 aliphatic carbocycles. The second kappa shape index (κ2) is 17.5. The number of aliphatic hydroxyl groups is 2. The van der Waals surface area contributed by atoms with Crippen LogP contribution in [0.5, 0.6) is 0 Å². The molecule has 0 aliphatic heterocycles. The number of aliphatic hydroxyl groups excluding tert-OH is 2. The summed E-state index contributed by atoms with van der Waals surface area (Å²) in [4.78, 5) is 43.1. The summed E-state index contributed by atoms with van der Waals surface area (Å²) in [6.45, 7) is 0.676. The van der Waals surface area contributed by atoms with Crippen molar-refractivity contribution >= 4 is 15.6 Å². The normalized spacial score (nSPS) is 11.1. The minimum atomic E-state index is -4.64. The van der Waals surface area contributed by atoms with Crippen LogP contribution in [-0.4, -0.2) is 52.8 Å². The van der Waals surface area contributed by atoms with Gasteiger partial charge in [-0.15, -0.1) is 0 Å². The zero-order valence-corrected chi connectivity index (χ0v) is 14.1. The lowest BCUT2D eigenvalue weighted by Crippen LogP contribution is -1.85. The van der Waals surface area contributed by atoms with Gasteiger partial charge in [0.05, 0.1) is 0 Å². The van der Waals surface area contributed by atoms with Crippen molar-refractivity contribution in [3.8, 4) is 0 Å². The number of unbranched alkanes of at least 4 members (excludes halogenated alkanes) is 7. The molecule has 0 radical (unpaired) electrons. The topological polar surface area (TPSA) is 196 Å². The van der Waals surface area contributed by atoms with E-state index in [1.807, 2.05) is 0 Å². The highest BCUT2D eigenvalue weighted by atomic mass is 31.2. The molecule has 10 nitrogen and oxygen atoms in total. The van der Waals surface area contributed by atoms with Crippen LogP contribution in [0.2, 0.25) is 0 Å². The summed E-state index contributed by atoms with van der Waals surface area (Å²) >= 11 is 0. The van der Waals surface area contributed by atoms with Crippen molar-refractivity contribution in [2.24, 2.45) is 0 Å². The Balaban J connectivity index is -0.000000298. The molecule has 12 heteroatoms. The van der Waals surface area contributed by atoms with Crippen LogP contribution >= 0.6 is 15.6 Å². The summed E-state index contributed by atoms with van der Waals surface area (Å²) in [6, 6.07) is 0. The minimum Gasteiger partial charge on any atom is -0.396 e. The van der Waals surface area contributed by atoms with Crippen LogP contribution in [0.3, 0.4) is 0 Å². The summed E-state index contributed by atoms with van der Waals surface area (Å²) in [5.74, 6) is 0. The Morgan fingerprint density at radius 2 is 0.591 bits per heavy atom. The lowest BCUT2D eigenvalue weighted by atomic mass is 10.1. The Morgan fingerprint density at radius 1 is 0.455 bits per heavy atom. The van der Waals surface area contributed by atoms with Crippen LogP contribution in [0.4, 0.5) is 0 Å². The number of phosphoric acid groups is 2. The van der Waals surface area contributed by atoms with Gasteiger partial charge < -0.3 is 39.6 Å². The lowest BCUT2D eigenvalue weighted by Gasteiger charge is -1.99. The van der Waals surface area contributed by atoms with Gasteiger partial charge in [0.15, 0.2) is 0 Å². The summed E-state index contributed by atoms with van der Waals surface area (Å²) in [5.41, 5.74) is 0. The van der Waals surface area contributed by atoms with Crippen molar-refractivity contribution in [1.29, 1.82) is 0 Å². The maximum absolute atomic E-state index is 8.88. The number of hydrogen-bond acceptors (Lipinski definition) is 4. The van der Waals surface area contributed by atoms with Crippen LogP contribution in [0.15, 0.2) is 0 Å². The molecule has 0 aromatic carbocycles. The quantitative estimate of drug-likeness (QED) is 0.205. The fourth-order valence-electron chi connectivity index (χ4n) is 1.28. The zero-order chi connectivity index (χ0) is 18.1. The molecule has 0 fully saturated rings. The van der Waals surface area contributed by atoms with E-state index < -0.39 is 15.6 Å². The van der Waals surface area contributed by atoms with E-state index in [4.69, 9.17) is 48.7 Å². The van der Waals surface area contributed by atoms with Crippen LogP contribution in [0.1, 0.15) is 51.4 Å². The van der Waals surface area contributed by atoms with Crippen molar-refractivity contribution < 1.29 is 48.7 Å². The molecule has 0 amide bonds. The van der Waals surface area contributed by atoms with E-state index in [1.165, 1.54) is 25.7 Å².